The summed E-state index contributed by atoms with van der Waals surface area (Å²) < 4.78 is 7.87. The lowest BCUT2D eigenvalue weighted by molar-refractivity contribution is -0.122. The molecule has 0 saturated carbocycles. The molecular weight excluding hydrogens is 302 g/mol. The minimum atomic E-state index is -0.148. The third-order valence-corrected chi connectivity index (χ3v) is 5.16. The fourth-order valence-corrected chi connectivity index (χ4v) is 4.04. The van der Waals surface area contributed by atoms with Crippen LogP contribution in [0.5, 0.6) is 0 Å². The number of fused-ring (bicyclic) bond motifs is 2. The van der Waals surface area contributed by atoms with Crippen LogP contribution in [0.15, 0.2) is 36.5 Å². The van der Waals surface area contributed by atoms with Gasteiger partial charge in [-0.05, 0) is 37.8 Å². The third kappa shape index (κ3) is 2.53. The normalized spacial score (nSPS) is 25.9. The molecule has 0 saturated heterocycles. The van der Waals surface area contributed by atoms with Crippen LogP contribution in [0.25, 0.3) is 0 Å². The second kappa shape index (κ2) is 6.06. The molecule has 126 valence electrons. The highest BCUT2D eigenvalue weighted by atomic mass is 16.5. The number of amides is 1. The molecule has 5 nitrogen and oxygen atoms in total. The van der Waals surface area contributed by atoms with Crippen LogP contribution >= 0.6 is 0 Å². The summed E-state index contributed by atoms with van der Waals surface area (Å²) in [6, 6.07) is 10.7. The summed E-state index contributed by atoms with van der Waals surface area (Å²) in [7, 11) is 0. The summed E-state index contributed by atoms with van der Waals surface area (Å²) in [5.41, 5.74) is 2.45. The molecule has 1 aromatic heterocycles. The van der Waals surface area contributed by atoms with E-state index in [9.17, 15) is 4.79 Å². The highest BCUT2D eigenvalue weighted by Gasteiger charge is 2.34. The van der Waals surface area contributed by atoms with Crippen molar-refractivity contribution in [3.05, 3.63) is 47.7 Å². The molecule has 3 heterocycles. The van der Waals surface area contributed by atoms with Crippen molar-refractivity contribution in [1.29, 1.82) is 0 Å². The summed E-state index contributed by atoms with van der Waals surface area (Å²) in [5, 5.41) is 4.38. The fourth-order valence-electron chi connectivity index (χ4n) is 4.04. The quantitative estimate of drug-likeness (QED) is 0.851. The van der Waals surface area contributed by atoms with E-state index in [4.69, 9.17) is 4.74 Å². The molecule has 2 aromatic rings. The van der Waals surface area contributed by atoms with Gasteiger partial charge in [0.05, 0.1) is 31.4 Å². The third-order valence-electron chi connectivity index (χ3n) is 5.16. The second-order valence-corrected chi connectivity index (χ2v) is 6.84. The molecule has 1 aromatic carbocycles. The molecule has 4 rings (SSSR count). The first kappa shape index (κ1) is 15.4. The van der Waals surface area contributed by atoms with E-state index in [1.54, 1.807) is 6.20 Å². The van der Waals surface area contributed by atoms with E-state index in [-0.39, 0.29) is 18.1 Å². The van der Waals surface area contributed by atoms with E-state index in [1.165, 1.54) is 5.56 Å². The number of anilines is 1. The maximum atomic E-state index is 13.1. The Balaban J connectivity index is 1.59. The Morgan fingerprint density at radius 1 is 1.25 bits per heavy atom. The molecule has 24 heavy (non-hydrogen) atoms. The number of hydrogen-bond donors (Lipinski definition) is 0. The fraction of sp³-hybridized carbons (Fsp3) is 0.474. The van der Waals surface area contributed by atoms with Gasteiger partial charge in [-0.25, -0.2) is 4.68 Å². The van der Waals surface area contributed by atoms with E-state index in [0.29, 0.717) is 19.1 Å². The molecule has 0 spiro atoms. The van der Waals surface area contributed by atoms with Crippen LogP contribution in [-0.4, -0.2) is 28.3 Å². The van der Waals surface area contributed by atoms with Gasteiger partial charge in [-0.2, -0.15) is 5.10 Å². The van der Waals surface area contributed by atoms with E-state index in [1.807, 2.05) is 21.7 Å². The zero-order chi connectivity index (χ0) is 16.7. The van der Waals surface area contributed by atoms with E-state index in [0.717, 1.165) is 24.2 Å². The van der Waals surface area contributed by atoms with Gasteiger partial charge in [-0.3, -0.25) is 9.69 Å². The van der Waals surface area contributed by atoms with Gasteiger partial charge < -0.3 is 4.74 Å². The number of nitrogens with zero attached hydrogens (tertiary/aromatic N) is 3. The van der Waals surface area contributed by atoms with Gasteiger partial charge in [0, 0.05) is 12.1 Å². The monoisotopic (exact) mass is 325 g/mol. The number of benzene rings is 1. The van der Waals surface area contributed by atoms with Gasteiger partial charge in [0.25, 0.3) is 0 Å². The van der Waals surface area contributed by atoms with Crippen molar-refractivity contribution in [3.63, 3.8) is 0 Å². The number of aromatic nitrogens is 2. The zero-order valence-electron chi connectivity index (χ0n) is 14.2. The lowest BCUT2D eigenvalue weighted by Gasteiger charge is -2.38. The van der Waals surface area contributed by atoms with Crippen molar-refractivity contribution >= 4 is 11.7 Å². The molecule has 0 unspecified atom stereocenters. The van der Waals surface area contributed by atoms with Gasteiger partial charge in [-0.15, -0.1) is 0 Å². The molecule has 1 amide bonds. The summed E-state index contributed by atoms with van der Waals surface area (Å²) in [6.07, 6.45) is 3.84. The number of carbonyl (C=O) groups is 1. The van der Waals surface area contributed by atoms with Crippen molar-refractivity contribution in [2.45, 2.75) is 51.3 Å². The van der Waals surface area contributed by atoms with Crippen molar-refractivity contribution < 1.29 is 9.53 Å². The van der Waals surface area contributed by atoms with Gasteiger partial charge >= 0.3 is 0 Å². The summed E-state index contributed by atoms with van der Waals surface area (Å²) in [5.74, 6) is 1.01. The molecular formula is C19H23N3O2. The van der Waals surface area contributed by atoms with Crippen molar-refractivity contribution in [3.8, 4) is 0 Å². The predicted molar refractivity (Wildman–Crippen MR) is 92.0 cm³/mol. The van der Waals surface area contributed by atoms with E-state index < -0.39 is 0 Å². The van der Waals surface area contributed by atoms with Gasteiger partial charge in [0.15, 0.2) is 0 Å². The van der Waals surface area contributed by atoms with Crippen LogP contribution in [0.1, 0.15) is 50.0 Å². The van der Waals surface area contributed by atoms with Gasteiger partial charge in [0.2, 0.25) is 5.91 Å². The van der Waals surface area contributed by atoms with Crippen molar-refractivity contribution in [2.24, 2.45) is 0 Å². The molecule has 0 aliphatic carbocycles. The number of hydrogen-bond acceptors (Lipinski definition) is 3. The molecule has 3 atom stereocenters. The van der Waals surface area contributed by atoms with Crippen molar-refractivity contribution in [2.75, 3.05) is 11.5 Å². The minimum absolute atomic E-state index is 0.109. The van der Waals surface area contributed by atoms with Crippen LogP contribution in [-0.2, 0) is 16.0 Å². The maximum absolute atomic E-state index is 13.1. The Labute approximate surface area is 142 Å². The topological polar surface area (TPSA) is 47.4 Å². The van der Waals surface area contributed by atoms with E-state index in [2.05, 4.69) is 37.1 Å². The van der Waals surface area contributed by atoms with Gasteiger partial charge in [0.1, 0.15) is 5.82 Å². The molecule has 0 bridgehead atoms. The van der Waals surface area contributed by atoms with Crippen LogP contribution in [0, 0.1) is 0 Å². The Kier molecular flexibility index (Phi) is 3.88. The SMILES string of the molecule is C[C@@H]1C[C@@H](C)n2nccc2N1C(=O)C[C@H]1OCCc2ccccc21. The molecule has 0 radical (unpaired) electrons. The minimum Gasteiger partial charge on any atom is -0.373 e. The highest BCUT2D eigenvalue weighted by molar-refractivity contribution is 5.93. The molecule has 0 N–H and O–H groups in total. The smallest absolute Gasteiger partial charge is 0.231 e. The average molecular weight is 325 g/mol. The highest BCUT2D eigenvalue weighted by Crippen LogP contribution is 2.35. The molecule has 0 fully saturated rings. The van der Waals surface area contributed by atoms with Crippen LogP contribution < -0.4 is 4.90 Å². The lowest BCUT2D eigenvalue weighted by atomic mass is 9.95. The number of rotatable bonds is 2. The second-order valence-electron chi connectivity index (χ2n) is 6.84. The van der Waals surface area contributed by atoms with Crippen molar-refractivity contribution in [1.82, 2.24) is 9.78 Å². The summed E-state index contributed by atoms with van der Waals surface area (Å²) in [6.45, 7) is 4.94. The van der Waals surface area contributed by atoms with Crippen LogP contribution in [0.4, 0.5) is 5.82 Å². The predicted octanol–water partition coefficient (Wildman–Crippen LogP) is 3.27. The Morgan fingerprint density at radius 3 is 2.96 bits per heavy atom. The Morgan fingerprint density at radius 2 is 2.08 bits per heavy atom. The standard InChI is InChI=1S/C19H23N3O2/c1-13-11-14(2)22-18(7-9-20-22)21(13)19(23)12-17-16-6-4-3-5-15(16)8-10-24-17/h3-7,9,13-14,17H,8,10-12H2,1-2H3/t13-,14-,17-/m1/s1. The van der Waals surface area contributed by atoms with Crippen LogP contribution in [0.3, 0.4) is 0 Å². The average Bonchev–Trinajstić information content (AvgIpc) is 3.05. The first-order valence-corrected chi connectivity index (χ1v) is 8.70. The summed E-state index contributed by atoms with van der Waals surface area (Å²) in [4.78, 5) is 15.0. The number of ether oxygens (including phenoxy) is 1. The van der Waals surface area contributed by atoms with Crippen LogP contribution in [0.2, 0.25) is 0 Å². The largest absolute Gasteiger partial charge is 0.373 e. The lowest BCUT2D eigenvalue weighted by Crippen LogP contribution is -2.45. The number of carbonyl (C=O) groups excluding carboxylic acids is 1. The maximum Gasteiger partial charge on any atom is 0.231 e. The molecule has 2 aliphatic heterocycles. The first-order chi connectivity index (χ1) is 11.6. The Hall–Kier alpha value is -2.14. The molecule has 2 aliphatic rings. The van der Waals surface area contributed by atoms with E-state index >= 15 is 0 Å². The Bertz CT molecular complexity index is 755. The molecule has 5 heteroatoms. The van der Waals surface area contributed by atoms with Gasteiger partial charge in [-0.1, -0.05) is 24.3 Å². The zero-order valence-corrected chi connectivity index (χ0v) is 14.2. The first-order valence-electron chi connectivity index (χ1n) is 8.70. The summed E-state index contributed by atoms with van der Waals surface area (Å²) >= 11 is 0.